The van der Waals surface area contributed by atoms with Gasteiger partial charge in [0.1, 0.15) is 5.82 Å². The number of nitrogens with zero attached hydrogens (tertiary/aromatic N) is 2. The van der Waals surface area contributed by atoms with Crippen LogP contribution in [0, 0.1) is 5.82 Å². The van der Waals surface area contributed by atoms with Crippen molar-refractivity contribution in [3.8, 4) is 5.69 Å². The third-order valence-corrected chi connectivity index (χ3v) is 5.26. The van der Waals surface area contributed by atoms with Crippen molar-refractivity contribution in [2.45, 2.75) is 31.7 Å². The van der Waals surface area contributed by atoms with E-state index in [1.54, 1.807) is 12.1 Å². The summed E-state index contributed by atoms with van der Waals surface area (Å²) >= 11 is 0. The quantitative estimate of drug-likeness (QED) is 0.878. The summed E-state index contributed by atoms with van der Waals surface area (Å²) in [6.07, 6.45) is 4.55. The predicted molar refractivity (Wildman–Crippen MR) is 95.5 cm³/mol. The van der Waals surface area contributed by atoms with Gasteiger partial charge in [-0.1, -0.05) is 6.92 Å². The van der Waals surface area contributed by atoms with Gasteiger partial charge in [0.2, 0.25) is 0 Å². The molecule has 1 aromatic carbocycles. The number of anilines is 1. The summed E-state index contributed by atoms with van der Waals surface area (Å²) in [5.41, 5.74) is 2.70. The van der Waals surface area contributed by atoms with Crippen molar-refractivity contribution in [1.82, 2.24) is 14.8 Å². The maximum absolute atomic E-state index is 13.7. The Kier molecular flexibility index (Phi) is 3.90. The van der Waals surface area contributed by atoms with Crippen molar-refractivity contribution in [3.63, 3.8) is 0 Å². The number of carbonyl (C=O) groups is 1. The van der Waals surface area contributed by atoms with Crippen LogP contribution in [0.2, 0.25) is 0 Å². The minimum Gasteiger partial charge on any atom is -0.372 e. The summed E-state index contributed by atoms with van der Waals surface area (Å²) in [6.45, 7) is 4.10. The number of hydrogen-bond acceptors (Lipinski definition) is 2. The highest BCUT2D eigenvalue weighted by atomic mass is 19.1. The van der Waals surface area contributed by atoms with Crippen LogP contribution in [0.4, 0.5) is 14.9 Å². The molecule has 0 saturated carbocycles. The summed E-state index contributed by atoms with van der Waals surface area (Å²) in [7, 11) is 0. The Morgan fingerprint density at radius 1 is 1.32 bits per heavy atom. The summed E-state index contributed by atoms with van der Waals surface area (Å²) in [5.74, 6) is -0.242. The molecule has 0 bridgehead atoms. The topological polar surface area (TPSA) is 49.3 Å². The normalized spacial score (nSPS) is 17.6. The largest absolute Gasteiger partial charge is 0.372 e. The van der Waals surface area contributed by atoms with Gasteiger partial charge >= 0.3 is 6.03 Å². The molecule has 5 nitrogen and oxygen atoms in total. The van der Waals surface area contributed by atoms with E-state index in [4.69, 9.17) is 0 Å². The molecule has 0 radical (unpaired) electrons. The van der Waals surface area contributed by atoms with Gasteiger partial charge in [0, 0.05) is 31.5 Å². The first-order valence-corrected chi connectivity index (χ1v) is 8.92. The molecule has 2 N–H and O–H groups in total. The lowest BCUT2D eigenvalue weighted by molar-refractivity contribution is 0.163. The number of benzene rings is 1. The minimum atomic E-state index is -0.258. The summed E-state index contributed by atoms with van der Waals surface area (Å²) in [5, 5.41) is 6.52. The van der Waals surface area contributed by atoms with Crippen LogP contribution in [-0.2, 0) is 5.54 Å². The Labute approximate surface area is 146 Å². The number of urea groups is 1. The van der Waals surface area contributed by atoms with E-state index in [2.05, 4.69) is 21.3 Å². The Balaban J connectivity index is 1.59. The molecular formula is C19H23FN4O. The Bertz CT molecular complexity index is 792. The zero-order valence-corrected chi connectivity index (χ0v) is 14.4. The van der Waals surface area contributed by atoms with Gasteiger partial charge in [-0.05, 0) is 49.6 Å². The first kappa shape index (κ1) is 16.0. The van der Waals surface area contributed by atoms with Crippen LogP contribution in [0.5, 0.6) is 0 Å². The molecule has 1 saturated heterocycles. The molecule has 2 aromatic rings. The number of aromatic nitrogens is 1. The standard InChI is InChI=1S/C19H23FN4O/c1-2-9-21-18(25)23-11-7-19(8-12-23)17-4-3-10-24(17)16-6-5-14(20)13-15(16)22-19/h3-6,10,13,22H,2,7-9,11-12H2,1H3,(H,21,25). The molecule has 2 aliphatic heterocycles. The third-order valence-electron chi connectivity index (χ3n) is 5.26. The fraction of sp³-hybridized carbons (Fsp3) is 0.421. The van der Waals surface area contributed by atoms with Crippen LogP contribution in [0.15, 0.2) is 36.5 Å². The molecule has 1 spiro atoms. The first-order valence-electron chi connectivity index (χ1n) is 8.92. The molecule has 0 atom stereocenters. The van der Waals surface area contributed by atoms with Gasteiger partial charge in [-0.3, -0.25) is 0 Å². The van der Waals surface area contributed by atoms with Crippen molar-refractivity contribution in [1.29, 1.82) is 0 Å². The predicted octanol–water partition coefficient (Wildman–Crippen LogP) is 3.45. The van der Waals surface area contributed by atoms with Crippen LogP contribution < -0.4 is 10.6 Å². The van der Waals surface area contributed by atoms with Gasteiger partial charge in [0.05, 0.1) is 16.9 Å². The average molecular weight is 342 g/mol. The first-order chi connectivity index (χ1) is 12.1. The van der Waals surface area contributed by atoms with Gasteiger partial charge < -0.3 is 20.1 Å². The number of rotatable bonds is 2. The summed E-state index contributed by atoms with van der Waals surface area (Å²) < 4.78 is 15.9. The molecule has 25 heavy (non-hydrogen) atoms. The van der Waals surface area contributed by atoms with Gasteiger partial charge in [-0.2, -0.15) is 0 Å². The van der Waals surface area contributed by atoms with E-state index < -0.39 is 0 Å². The van der Waals surface area contributed by atoms with Crippen molar-refractivity contribution >= 4 is 11.7 Å². The molecule has 0 aliphatic carbocycles. The number of likely N-dealkylation sites (tertiary alicyclic amines) is 1. The highest BCUT2D eigenvalue weighted by molar-refractivity contribution is 5.74. The van der Waals surface area contributed by atoms with Crippen LogP contribution in [-0.4, -0.2) is 35.1 Å². The lowest BCUT2D eigenvalue weighted by Crippen LogP contribution is -2.53. The molecule has 132 valence electrons. The number of halogens is 1. The van der Waals surface area contributed by atoms with E-state index in [1.807, 2.05) is 24.1 Å². The highest BCUT2D eigenvalue weighted by Crippen LogP contribution is 2.43. The van der Waals surface area contributed by atoms with E-state index in [0.29, 0.717) is 19.6 Å². The SMILES string of the molecule is CCCNC(=O)N1CCC2(CC1)Nc1cc(F)ccc1-n1cccc12. The van der Waals surface area contributed by atoms with Crippen LogP contribution in [0.25, 0.3) is 5.69 Å². The number of hydrogen-bond donors (Lipinski definition) is 2. The second-order valence-electron chi connectivity index (χ2n) is 6.85. The maximum Gasteiger partial charge on any atom is 0.317 e. The fourth-order valence-corrected chi connectivity index (χ4v) is 3.94. The van der Waals surface area contributed by atoms with E-state index in [0.717, 1.165) is 30.6 Å². The van der Waals surface area contributed by atoms with E-state index in [1.165, 1.54) is 11.8 Å². The van der Waals surface area contributed by atoms with Gasteiger partial charge in [-0.15, -0.1) is 0 Å². The Hall–Kier alpha value is -2.50. The maximum atomic E-state index is 13.7. The molecule has 4 rings (SSSR count). The zero-order valence-electron chi connectivity index (χ0n) is 14.4. The zero-order chi connectivity index (χ0) is 17.4. The number of fused-ring (bicyclic) bond motifs is 4. The molecule has 1 aromatic heterocycles. The number of nitrogens with one attached hydrogen (secondary N) is 2. The summed E-state index contributed by atoms with van der Waals surface area (Å²) in [4.78, 5) is 14.1. The van der Waals surface area contributed by atoms with E-state index >= 15 is 0 Å². The molecular weight excluding hydrogens is 319 g/mol. The monoisotopic (exact) mass is 342 g/mol. The van der Waals surface area contributed by atoms with Crippen molar-refractivity contribution in [2.24, 2.45) is 0 Å². The minimum absolute atomic E-state index is 0.00865. The van der Waals surface area contributed by atoms with Gasteiger partial charge in [0.15, 0.2) is 0 Å². The lowest BCUT2D eigenvalue weighted by atomic mass is 9.82. The lowest BCUT2D eigenvalue weighted by Gasteiger charge is -2.46. The Morgan fingerprint density at radius 2 is 2.12 bits per heavy atom. The van der Waals surface area contributed by atoms with Crippen LogP contribution in [0.1, 0.15) is 31.9 Å². The van der Waals surface area contributed by atoms with E-state index in [-0.39, 0.29) is 17.4 Å². The smallest absolute Gasteiger partial charge is 0.317 e. The molecule has 2 aliphatic rings. The van der Waals surface area contributed by atoms with Crippen molar-refractivity contribution in [2.75, 3.05) is 25.0 Å². The fourth-order valence-electron chi connectivity index (χ4n) is 3.94. The molecule has 0 unspecified atom stereocenters. The van der Waals surface area contributed by atoms with Gasteiger partial charge in [0.25, 0.3) is 0 Å². The molecule has 3 heterocycles. The van der Waals surface area contributed by atoms with Crippen molar-refractivity contribution in [3.05, 3.63) is 48.0 Å². The summed E-state index contributed by atoms with van der Waals surface area (Å²) in [6, 6.07) is 9.00. The Morgan fingerprint density at radius 3 is 2.88 bits per heavy atom. The van der Waals surface area contributed by atoms with Crippen LogP contribution >= 0.6 is 0 Å². The number of piperidine rings is 1. The van der Waals surface area contributed by atoms with E-state index in [9.17, 15) is 9.18 Å². The second kappa shape index (κ2) is 6.10. The molecule has 6 heteroatoms. The number of carbonyl (C=O) groups excluding carboxylic acids is 1. The third kappa shape index (κ3) is 2.65. The van der Waals surface area contributed by atoms with Crippen LogP contribution in [0.3, 0.4) is 0 Å². The molecule has 1 fully saturated rings. The molecule has 2 amide bonds. The van der Waals surface area contributed by atoms with Gasteiger partial charge in [-0.25, -0.2) is 9.18 Å². The van der Waals surface area contributed by atoms with Crippen molar-refractivity contribution < 1.29 is 9.18 Å². The number of amides is 2. The highest BCUT2D eigenvalue weighted by Gasteiger charge is 2.42. The average Bonchev–Trinajstić information content (AvgIpc) is 3.11. The second-order valence-corrected chi connectivity index (χ2v) is 6.85.